The van der Waals surface area contributed by atoms with Crippen LogP contribution < -0.4 is 10.2 Å². The molecule has 2 heterocycles. The van der Waals surface area contributed by atoms with Crippen molar-refractivity contribution in [2.45, 2.75) is 19.8 Å². The topological polar surface area (TPSA) is 41.0 Å². The van der Waals surface area contributed by atoms with Crippen molar-refractivity contribution in [2.24, 2.45) is 5.92 Å². The van der Waals surface area contributed by atoms with E-state index in [2.05, 4.69) is 20.2 Å². The van der Waals surface area contributed by atoms with Crippen LogP contribution in [-0.4, -0.2) is 36.6 Å². The van der Waals surface area contributed by atoms with E-state index in [0.717, 1.165) is 37.2 Å². The molecule has 1 aliphatic rings. The summed E-state index contributed by atoms with van der Waals surface area (Å²) in [5.74, 6) is 1.68. The van der Waals surface area contributed by atoms with Gasteiger partial charge in [0, 0.05) is 25.0 Å². The summed E-state index contributed by atoms with van der Waals surface area (Å²) >= 11 is 0. The molecular weight excluding hydrogens is 200 g/mol. The second-order valence-electron chi connectivity index (χ2n) is 4.49. The van der Waals surface area contributed by atoms with Crippen LogP contribution in [0.2, 0.25) is 0 Å². The van der Waals surface area contributed by atoms with E-state index in [1.165, 1.54) is 12.8 Å². The predicted molar refractivity (Wildman–Crippen MR) is 65.6 cm³/mol. The van der Waals surface area contributed by atoms with Crippen LogP contribution in [0, 0.1) is 12.8 Å². The van der Waals surface area contributed by atoms with Crippen LogP contribution in [0.25, 0.3) is 0 Å². The SMILES string of the molecule is CNCCC1CCN(c2nccc(C)n2)C1. The number of aryl methyl sites for hydroxylation is 1. The van der Waals surface area contributed by atoms with Crippen LogP contribution >= 0.6 is 0 Å². The summed E-state index contributed by atoms with van der Waals surface area (Å²) in [5, 5.41) is 3.21. The van der Waals surface area contributed by atoms with E-state index >= 15 is 0 Å². The smallest absolute Gasteiger partial charge is 0.225 e. The number of nitrogens with zero attached hydrogens (tertiary/aromatic N) is 3. The molecule has 4 nitrogen and oxygen atoms in total. The van der Waals surface area contributed by atoms with Gasteiger partial charge >= 0.3 is 0 Å². The lowest BCUT2D eigenvalue weighted by Crippen LogP contribution is -2.23. The molecule has 0 aliphatic carbocycles. The van der Waals surface area contributed by atoms with E-state index in [1.807, 2.05) is 26.2 Å². The van der Waals surface area contributed by atoms with Gasteiger partial charge in [0.15, 0.2) is 0 Å². The Morgan fingerprint density at radius 3 is 3.19 bits per heavy atom. The fourth-order valence-electron chi connectivity index (χ4n) is 2.19. The normalized spacial score (nSPS) is 20.4. The highest BCUT2D eigenvalue weighted by atomic mass is 15.3. The molecule has 1 N–H and O–H groups in total. The van der Waals surface area contributed by atoms with Gasteiger partial charge in [0.1, 0.15) is 0 Å². The highest BCUT2D eigenvalue weighted by molar-refractivity contribution is 5.31. The van der Waals surface area contributed by atoms with Crippen LogP contribution in [0.5, 0.6) is 0 Å². The van der Waals surface area contributed by atoms with Crippen molar-refractivity contribution in [1.82, 2.24) is 15.3 Å². The number of hydrogen-bond donors (Lipinski definition) is 1. The fraction of sp³-hybridized carbons (Fsp3) is 0.667. The van der Waals surface area contributed by atoms with Crippen LogP contribution in [0.4, 0.5) is 5.95 Å². The Hall–Kier alpha value is -1.16. The van der Waals surface area contributed by atoms with Gasteiger partial charge < -0.3 is 10.2 Å². The lowest BCUT2D eigenvalue weighted by Gasteiger charge is -2.16. The first-order chi connectivity index (χ1) is 7.79. The van der Waals surface area contributed by atoms with E-state index < -0.39 is 0 Å². The van der Waals surface area contributed by atoms with Gasteiger partial charge in [-0.1, -0.05) is 0 Å². The molecule has 0 saturated carbocycles. The Balaban J connectivity index is 1.93. The zero-order valence-corrected chi connectivity index (χ0v) is 10.1. The third-order valence-electron chi connectivity index (χ3n) is 3.15. The number of nitrogens with one attached hydrogen (secondary N) is 1. The van der Waals surface area contributed by atoms with Gasteiger partial charge in [-0.25, -0.2) is 9.97 Å². The minimum atomic E-state index is 0.788. The number of aromatic nitrogens is 2. The quantitative estimate of drug-likeness (QED) is 0.828. The van der Waals surface area contributed by atoms with E-state index in [4.69, 9.17) is 0 Å². The molecule has 88 valence electrons. The summed E-state index contributed by atoms with van der Waals surface area (Å²) in [6.07, 6.45) is 4.36. The summed E-state index contributed by atoms with van der Waals surface area (Å²) in [6.45, 7) is 5.32. The van der Waals surface area contributed by atoms with E-state index in [-0.39, 0.29) is 0 Å². The fourth-order valence-corrected chi connectivity index (χ4v) is 2.19. The van der Waals surface area contributed by atoms with Crippen LogP contribution in [0.1, 0.15) is 18.5 Å². The molecule has 1 aromatic rings. The van der Waals surface area contributed by atoms with Gasteiger partial charge in [-0.3, -0.25) is 0 Å². The average molecular weight is 220 g/mol. The van der Waals surface area contributed by atoms with Gasteiger partial charge in [-0.2, -0.15) is 0 Å². The van der Waals surface area contributed by atoms with Crippen molar-refractivity contribution in [3.05, 3.63) is 18.0 Å². The summed E-state index contributed by atoms with van der Waals surface area (Å²) in [7, 11) is 2.01. The highest BCUT2D eigenvalue weighted by Gasteiger charge is 2.23. The van der Waals surface area contributed by atoms with Crippen LogP contribution in [0.3, 0.4) is 0 Å². The first-order valence-electron chi connectivity index (χ1n) is 5.99. The lowest BCUT2D eigenvalue weighted by molar-refractivity contribution is 0.521. The van der Waals surface area contributed by atoms with Crippen LogP contribution in [-0.2, 0) is 0 Å². The summed E-state index contributed by atoms with van der Waals surface area (Å²) in [5.41, 5.74) is 1.05. The molecular formula is C12H20N4. The van der Waals surface area contributed by atoms with Crippen molar-refractivity contribution in [3.8, 4) is 0 Å². The summed E-state index contributed by atoms with van der Waals surface area (Å²) in [4.78, 5) is 11.1. The maximum absolute atomic E-state index is 4.47. The molecule has 1 aliphatic heterocycles. The molecule has 1 saturated heterocycles. The molecule has 1 atom stereocenters. The molecule has 1 unspecified atom stereocenters. The van der Waals surface area contributed by atoms with Gasteiger partial charge in [0.05, 0.1) is 0 Å². The largest absolute Gasteiger partial charge is 0.341 e. The first-order valence-corrected chi connectivity index (χ1v) is 5.99. The van der Waals surface area contributed by atoms with Crippen molar-refractivity contribution >= 4 is 5.95 Å². The summed E-state index contributed by atoms with van der Waals surface area (Å²) < 4.78 is 0. The Kier molecular flexibility index (Phi) is 3.72. The predicted octanol–water partition coefficient (Wildman–Crippen LogP) is 1.22. The molecule has 2 rings (SSSR count). The molecule has 1 aromatic heterocycles. The number of rotatable bonds is 4. The van der Waals surface area contributed by atoms with E-state index in [0.29, 0.717) is 0 Å². The third-order valence-corrected chi connectivity index (χ3v) is 3.15. The maximum atomic E-state index is 4.47. The molecule has 0 amide bonds. The highest BCUT2D eigenvalue weighted by Crippen LogP contribution is 2.22. The Bertz CT molecular complexity index is 340. The van der Waals surface area contributed by atoms with Gasteiger partial charge in [-0.15, -0.1) is 0 Å². The minimum Gasteiger partial charge on any atom is -0.341 e. The summed E-state index contributed by atoms with van der Waals surface area (Å²) in [6, 6.07) is 1.94. The molecule has 16 heavy (non-hydrogen) atoms. The Morgan fingerprint density at radius 2 is 2.44 bits per heavy atom. The molecule has 1 fully saturated rings. The second-order valence-corrected chi connectivity index (χ2v) is 4.49. The minimum absolute atomic E-state index is 0.788. The monoisotopic (exact) mass is 220 g/mol. The first kappa shape index (κ1) is 11.3. The van der Waals surface area contributed by atoms with Gasteiger partial charge in [0.2, 0.25) is 5.95 Å². The molecule has 0 radical (unpaired) electrons. The standard InChI is InChI=1S/C12H20N4/c1-10-3-7-14-12(15-10)16-8-5-11(9-16)4-6-13-2/h3,7,11,13H,4-6,8-9H2,1-2H3. The van der Waals surface area contributed by atoms with Crippen molar-refractivity contribution in [2.75, 3.05) is 31.6 Å². The Labute approximate surface area is 97.1 Å². The third kappa shape index (κ3) is 2.70. The molecule has 0 bridgehead atoms. The number of hydrogen-bond acceptors (Lipinski definition) is 4. The zero-order chi connectivity index (χ0) is 11.4. The Morgan fingerprint density at radius 1 is 1.56 bits per heavy atom. The molecule has 4 heteroatoms. The van der Waals surface area contributed by atoms with Crippen LogP contribution in [0.15, 0.2) is 12.3 Å². The van der Waals surface area contributed by atoms with Crippen molar-refractivity contribution in [1.29, 1.82) is 0 Å². The zero-order valence-electron chi connectivity index (χ0n) is 10.1. The molecule has 0 aromatic carbocycles. The molecule has 0 spiro atoms. The van der Waals surface area contributed by atoms with Crippen molar-refractivity contribution in [3.63, 3.8) is 0 Å². The van der Waals surface area contributed by atoms with Gasteiger partial charge in [0.25, 0.3) is 0 Å². The maximum Gasteiger partial charge on any atom is 0.225 e. The number of anilines is 1. The second kappa shape index (κ2) is 5.25. The van der Waals surface area contributed by atoms with Gasteiger partial charge in [-0.05, 0) is 45.3 Å². The van der Waals surface area contributed by atoms with E-state index in [9.17, 15) is 0 Å². The van der Waals surface area contributed by atoms with E-state index in [1.54, 1.807) is 0 Å². The van der Waals surface area contributed by atoms with Crippen molar-refractivity contribution < 1.29 is 0 Å². The average Bonchev–Trinajstić information content (AvgIpc) is 2.75. The lowest BCUT2D eigenvalue weighted by atomic mass is 10.1.